The van der Waals surface area contributed by atoms with Crippen molar-refractivity contribution >= 4 is 21.7 Å². The minimum absolute atomic E-state index is 0.161. The minimum atomic E-state index is -4.47. The number of nitrogen functional groups attached to an aromatic ring is 1. The third kappa shape index (κ3) is 3.00. The Kier molecular flexibility index (Phi) is 4.28. The fraction of sp³-hybridized carbons (Fsp3) is 0.111. The number of anilines is 1. The van der Waals surface area contributed by atoms with Crippen molar-refractivity contribution in [3.05, 3.63) is 58.6 Å². The highest BCUT2D eigenvalue weighted by molar-refractivity contribution is 9.10. The van der Waals surface area contributed by atoms with E-state index in [4.69, 9.17) is 5.73 Å². The molecule has 0 saturated heterocycles. The van der Waals surface area contributed by atoms with Crippen molar-refractivity contribution in [3.63, 3.8) is 0 Å². The van der Waals surface area contributed by atoms with Gasteiger partial charge in [0.25, 0.3) is 0 Å². The number of aromatic nitrogens is 1. The van der Waals surface area contributed by atoms with Gasteiger partial charge in [-0.2, -0.15) is 13.2 Å². The van der Waals surface area contributed by atoms with Gasteiger partial charge in [0.15, 0.2) is 5.75 Å². The topological polar surface area (TPSA) is 51.2 Å². The van der Waals surface area contributed by atoms with Crippen LogP contribution in [-0.2, 0) is 13.2 Å². The first-order chi connectivity index (χ1) is 11.7. The molecule has 0 saturated carbocycles. The third-order valence-corrected chi connectivity index (χ3v) is 4.71. The maximum Gasteiger partial charge on any atom is 0.416 e. The first-order valence-corrected chi connectivity index (χ1v) is 8.10. The summed E-state index contributed by atoms with van der Waals surface area (Å²) in [4.78, 5) is 0. The molecule has 0 atom stereocenters. The van der Waals surface area contributed by atoms with Crippen LogP contribution in [0.5, 0.6) is 5.75 Å². The molecule has 1 heterocycles. The molecule has 2 aromatic carbocycles. The van der Waals surface area contributed by atoms with Crippen LogP contribution in [0.25, 0.3) is 22.4 Å². The van der Waals surface area contributed by atoms with Crippen LogP contribution in [0, 0.1) is 0 Å². The second-order valence-corrected chi connectivity index (χ2v) is 6.43. The Hall–Kier alpha value is -2.41. The summed E-state index contributed by atoms with van der Waals surface area (Å²) in [6, 6.07) is 12.0. The van der Waals surface area contributed by atoms with Gasteiger partial charge >= 0.3 is 6.18 Å². The van der Waals surface area contributed by atoms with Crippen LogP contribution in [-0.4, -0.2) is 9.67 Å². The highest BCUT2D eigenvalue weighted by atomic mass is 79.9. The van der Waals surface area contributed by atoms with Crippen LogP contribution in [0.2, 0.25) is 0 Å². The molecule has 3 rings (SSSR count). The minimum Gasteiger partial charge on any atom is -0.505 e. The summed E-state index contributed by atoms with van der Waals surface area (Å²) in [5.41, 5.74) is 6.80. The quantitative estimate of drug-likeness (QED) is 0.591. The van der Waals surface area contributed by atoms with Crippen molar-refractivity contribution in [1.29, 1.82) is 0 Å². The first-order valence-electron chi connectivity index (χ1n) is 7.31. The third-order valence-electron chi connectivity index (χ3n) is 4.02. The van der Waals surface area contributed by atoms with E-state index < -0.39 is 11.7 Å². The van der Waals surface area contributed by atoms with Crippen LogP contribution >= 0.6 is 15.9 Å². The number of nitrogens with two attached hydrogens (primary N) is 1. The van der Waals surface area contributed by atoms with Gasteiger partial charge in [0.1, 0.15) is 5.82 Å². The molecule has 0 unspecified atom stereocenters. The molecule has 0 amide bonds. The molecule has 25 heavy (non-hydrogen) atoms. The van der Waals surface area contributed by atoms with Gasteiger partial charge in [-0.05, 0) is 23.8 Å². The maximum atomic E-state index is 13.0. The fourth-order valence-corrected chi connectivity index (χ4v) is 3.26. The lowest BCUT2D eigenvalue weighted by atomic mass is 10.0. The standard InChI is InChI=1S/C18H14BrF3N2O/c1-24-15(12-7-2-3-8-13(12)19)16(25)14(17(24)23)10-5-4-6-11(9-10)18(20,21)22/h2-9,25H,23H2,1H3. The molecule has 0 aliphatic carbocycles. The SMILES string of the molecule is Cn1c(N)c(-c2cccc(C(F)(F)F)c2)c(O)c1-c1ccccc1Br. The van der Waals surface area contributed by atoms with Gasteiger partial charge in [0.2, 0.25) is 0 Å². The van der Waals surface area contributed by atoms with Crippen molar-refractivity contribution in [3.8, 4) is 28.1 Å². The summed E-state index contributed by atoms with van der Waals surface area (Å²) in [6.45, 7) is 0. The Bertz CT molecular complexity index is 948. The zero-order valence-electron chi connectivity index (χ0n) is 13.1. The van der Waals surface area contributed by atoms with E-state index in [0.29, 0.717) is 11.3 Å². The fourth-order valence-electron chi connectivity index (χ4n) is 2.78. The van der Waals surface area contributed by atoms with Gasteiger partial charge in [-0.15, -0.1) is 0 Å². The van der Waals surface area contributed by atoms with Crippen molar-refractivity contribution < 1.29 is 18.3 Å². The summed E-state index contributed by atoms with van der Waals surface area (Å²) in [7, 11) is 1.65. The van der Waals surface area contributed by atoms with Gasteiger partial charge in [-0.25, -0.2) is 0 Å². The van der Waals surface area contributed by atoms with Crippen LogP contribution < -0.4 is 5.73 Å². The summed E-state index contributed by atoms with van der Waals surface area (Å²) in [5.74, 6) is 0.0220. The molecule has 0 spiro atoms. The highest BCUT2D eigenvalue weighted by Gasteiger charge is 2.31. The Balaban J connectivity index is 2.24. The average Bonchev–Trinajstić information content (AvgIpc) is 2.77. The van der Waals surface area contributed by atoms with Gasteiger partial charge in [0, 0.05) is 17.1 Å². The Labute approximate surface area is 150 Å². The zero-order valence-corrected chi connectivity index (χ0v) is 14.7. The average molecular weight is 411 g/mol. The van der Waals surface area contributed by atoms with Crippen LogP contribution in [0.4, 0.5) is 19.0 Å². The molecule has 130 valence electrons. The number of alkyl halides is 3. The smallest absolute Gasteiger partial charge is 0.416 e. The van der Waals surface area contributed by atoms with Crippen molar-refractivity contribution in [2.75, 3.05) is 5.73 Å². The summed E-state index contributed by atoms with van der Waals surface area (Å²) in [5, 5.41) is 10.7. The first kappa shape index (κ1) is 17.4. The van der Waals surface area contributed by atoms with E-state index in [9.17, 15) is 18.3 Å². The number of hydrogen-bond acceptors (Lipinski definition) is 2. The highest BCUT2D eigenvalue weighted by Crippen LogP contribution is 2.46. The lowest BCUT2D eigenvalue weighted by molar-refractivity contribution is -0.137. The van der Waals surface area contributed by atoms with E-state index in [1.165, 1.54) is 12.1 Å². The van der Waals surface area contributed by atoms with Crippen LogP contribution in [0.1, 0.15) is 5.56 Å². The number of halogens is 4. The Morgan fingerprint density at radius 3 is 2.40 bits per heavy atom. The van der Waals surface area contributed by atoms with E-state index >= 15 is 0 Å². The molecule has 0 aliphatic heterocycles. The maximum absolute atomic E-state index is 13.0. The van der Waals surface area contributed by atoms with Crippen LogP contribution in [0.3, 0.4) is 0 Å². The predicted molar refractivity (Wildman–Crippen MR) is 95.1 cm³/mol. The van der Waals surface area contributed by atoms with E-state index in [1.807, 2.05) is 12.1 Å². The molecular formula is C18H14BrF3N2O. The molecule has 0 bridgehead atoms. The number of hydrogen-bond donors (Lipinski definition) is 2. The van der Waals surface area contributed by atoms with Crippen LogP contribution in [0.15, 0.2) is 53.0 Å². The molecular weight excluding hydrogens is 397 g/mol. The lowest BCUT2D eigenvalue weighted by Gasteiger charge is -2.09. The van der Waals surface area contributed by atoms with E-state index in [-0.39, 0.29) is 22.7 Å². The number of rotatable bonds is 2. The molecule has 3 aromatic rings. The second kappa shape index (κ2) is 6.15. The Morgan fingerprint density at radius 2 is 1.76 bits per heavy atom. The van der Waals surface area contributed by atoms with Gasteiger partial charge in [0.05, 0.1) is 16.8 Å². The van der Waals surface area contributed by atoms with Gasteiger partial charge in [-0.1, -0.05) is 46.3 Å². The molecule has 0 aliphatic rings. The largest absolute Gasteiger partial charge is 0.505 e. The molecule has 3 nitrogen and oxygen atoms in total. The zero-order chi connectivity index (χ0) is 18.4. The van der Waals surface area contributed by atoms with E-state index in [1.54, 1.807) is 23.7 Å². The Morgan fingerprint density at radius 1 is 1.08 bits per heavy atom. The van der Waals surface area contributed by atoms with Crippen molar-refractivity contribution in [1.82, 2.24) is 4.57 Å². The number of benzene rings is 2. The predicted octanol–water partition coefficient (Wildman–Crippen LogP) is 5.43. The summed E-state index contributed by atoms with van der Waals surface area (Å²) in [6.07, 6.45) is -4.47. The van der Waals surface area contributed by atoms with Crippen molar-refractivity contribution in [2.45, 2.75) is 6.18 Å². The second-order valence-electron chi connectivity index (χ2n) is 5.57. The molecule has 0 fully saturated rings. The summed E-state index contributed by atoms with van der Waals surface area (Å²) >= 11 is 3.42. The van der Waals surface area contributed by atoms with Gasteiger partial charge in [-0.3, -0.25) is 0 Å². The lowest BCUT2D eigenvalue weighted by Crippen LogP contribution is -2.04. The van der Waals surface area contributed by atoms with Gasteiger partial charge < -0.3 is 15.4 Å². The number of aromatic hydroxyl groups is 1. The molecule has 7 heteroatoms. The molecule has 1 aromatic heterocycles. The van der Waals surface area contributed by atoms with E-state index in [0.717, 1.165) is 16.6 Å². The molecule has 0 radical (unpaired) electrons. The number of nitrogens with zero attached hydrogens (tertiary/aromatic N) is 1. The van der Waals surface area contributed by atoms with Crippen molar-refractivity contribution in [2.24, 2.45) is 7.05 Å². The van der Waals surface area contributed by atoms with E-state index in [2.05, 4.69) is 15.9 Å². The monoisotopic (exact) mass is 410 g/mol. The molecule has 3 N–H and O–H groups in total. The summed E-state index contributed by atoms with van der Waals surface area (Å²) < 4.78 is 41.2. The normalized spacial score (nSPS) is 11.7.